The molecule has 27 heavy (non-hydrogen) atoms. The minimum Gasteiger partial charge on any atom is -0.338 e. The van der Waals surface area contributed by atoms with Gasteiger partial charge in [0.15, 0.2) is 0 Å². The van der Waals surface area contributed by atoms with E-state index < -0.39 is 0 Å². The average Bonchev–Trinajstić information content (AvgIpc) is 3.09. The normalized spacial score (nSPS) is 17.5. The quantitative estimate of drug-likeness (QED) is 0.786. The van der Waals surface area contributed by atoms with Gasteiger partial charge in [-0.1, -0.05) is 0 Å². The number of imidazole rings is 1. The number of carbonyl (C=O) groups is 1. The molecule has 1 aliphatic rings. The maximum atomic E-state index is 13.0. The highest BCUT2D eigenvalue weighted by molar-refractivity contribution is 5.95. The van der Waals surface area contributed by atoms with Crippen LogP contribution in [0.15, 0.2) is 24.7 Å². The Kier molecular flexibility index (Phi) is 6.26. The Balaban J connectivity index is 1.69. The highest BCUT2D eigenvalue weighted by atomic mass is 16.2. The molecule has 0 unspecified atom stereocenters. The van der Waals surface area contributed by atoms with E-state index in [1.54, 1.807) is 6.20 Å². The van der Waals surface area contributed by atoms with Gasteiger partial charge < -0.3 is 14.4 Å². The molecule has 1 fully saturated rings. The maximum Gasteiger partial charge on any atom is 0.255 e. The van der Waals surface area contributed by atoms with Crippen molar-refractivity contribution in [2.24, 2.45) is 0 Å². The second-order valence-corrected chi connectivity index (χ2v) is 7.87. The topological polar surface area (TPSA) is 54.3 Å². The van der Waals surface area contributed by atoms with Crippen LogP contribution in [0, 0.1) is 13.8 Å². The van der Waals surface area contributed by atoms with E-state index in [1.165, 1.54) is 0 Å². The zero-order chi connectivity index (χ0) is 19.4. The maximum absolute atomic E-state index is 13.0. The number of pyridine rings is 1. The lowest BCUT2D eigenvalue weighted by atomic mass is 9.96. The van der Waals surface area contributed by atoms with Gasteiger partial charge in [-0.3, -0.25) is 9.78 Å². The molecule has 6 nitrogen and oxygen atoms in total. The molecule has 1 saturated heterocycles. The molecule has 3 rings (SSSR count). The second-order valence-electron chi connectivity index (χ2n) is 7.87. The van der Waals surface area contributed by atoms with Crippen LogP contribution in [0.3, 0.4) is 0 Å². The summed E-state index contributed by atoms with van der Waals surface area (Å²) >= 11 is 0. The zero-order valence-electron chi connectivity index (χ0n) is 17.0. The molecule has 1 atom stereocenters. The molecule has 3 heterocycles. The third-order valence-corrected chi connectivity index (χ3v) is 5.30. The van der Waals surface area contributed by atoms with Crippen LogP contribution in [0.2, 0.25) is 0 Å². The van der Waals surface area contributed by atoms with Gasteiger partial charge in [0.2, 0.25) is 0 Å². The minimum atomic E-state index is 0.0930. The van der Waals surface area contributed by atoms with Crippen LogP contribution in [0.4, 0.5) is 0 Å². The van der Waals surface area contributed by atoms with Crippen molar-refractivity contribution >= 4 is 5.91 Å². The van der Waals surface area contributed by atoms with Crippen LogP contribution in [0.25, 0.3) is 0 Å². The Morgan fingerprint density at radius 3 is 2.85 bits per heavy atom. The molecule has 0 saturated carbocycles. The summed E-state index contributed by atoms with van der Waals surface area (Å²) in [6, 6.07) is 1.98. The Hall–Kier alpha value is -2.21. The van der Waals surface area contributed by atoms with Gasteiger partial charge in [-0.05, 0) is 65.4 Å². The first-order chi connectivity index (χ1) is 13.0. The van der Waals surface area contributed by atoms with Crippen molar-refractivity contribution in [3.8, 4) is 0 Å². The summed E-state index contributed by atoms with van der Waals surface area (Å²) in [6.07, 6.45) is 8.87. The van der Waals surface area contributed by atoms with Crippen molar-refractivity contribution in [2.45, 2.75) is 45.6 Å². The Labute approximate surface area is 162 Å². The summed E-state index contributed by atoms with van der Waals surface area (Å²) in [5.74, 6) is 1.51. The summed E-state index contributed by atoms with van der Waals surface area (Å²) in [7, 11) is 4.20. The van der Waals surface area contributed by atoms with Crippen LogP contribution in [-0.2, 0) is 6.54 Å². The van der Waals surface area contributed by atoms with Gasteiger partial charge in [0.25, 0.3) is 5.91 Å². The fourth-order valence-corrected chi connectivity index (χ4v) is 3.89. The van der Waals surface area contributed by atoms with E-state index in [4.69, 9.17) is 0 Å². The van der Waals surface area contributed by atoms with Crippen LogP contribution in [0.1, 0.15) is 52.6 Å². The van der Waals surface area contributed by atoms with Crippen LogP contribution >= 0.6 is 0 Å². The van der Waals surface area contributed by atoms with Gasteiger partial charge in [0.05, 0.1) is 5.56 Å². The third-order valence-electron chi connectivity index (χ3n) is 5.30. The van der Waals surface area contributed by atoms with Crippen molar-refractivity contribution in [2.75, 3.05) is 33.7 Å². The Bertz CT molecular complexity index is 783. The number of amides is 1. The van der Waals surface area contributed by atoms with Gasteiger partial charge in [-0.15, -0.1) is 0 Å². The largest absolute Gasteiger partial charge is 0.338 e. The van der Waals surface area contributed by atoms with Crippen molar-refractivity contribution in [3.05, 3.63) is 47.3 Å². The number of carbonyl (C=O) groups excluding carboxylic acids is 1. The molecule has 0 radical (unpaired) electrons. The monoisotopic (exact) mass is 369 g/mol. The number of nitrogens with zero attached hydrogens (tertiary/aromatic N) is 5. The fraction of sp³-hybridized carbons (Fsp3) is 0.571. The molecule has 0 bridgehead atoms. The molecule has 0 aromatic carbocycles. The standard InChI is InChI=1S/C21H31N5O/c1-16-13-17(2)23-14-19(16)21(27)26-10-5-7-18(15-26)20-22-8-12-25(20)11-6-9-24(3)4/h8,12-14,18H,5-7,9-11,15H2,1-4H3/t18-/m1/s1. The molecule has 0 N–H and O–H groups in total. The van der Waals surface area contributed by atoms with Crippen molar-refractivity contribution in [1.82, 2.24) is 24.3 Å². The highest BCUT2D eigenvalue weighted by Gasteiger charge is 2.28. The molecule has 1 aliphatic heterocycles. The predicted octanol–water partition coefficient (Wildman–Crippen LogP) is 2.87. The van der Waals surface area contributed by atoms with E-state index in [-0.39, 0.29) is 5.91 Å². The number of hydrogen-bond donors (Lipinski definition) is 0. The Morgan fingerprint density at radius 2 is 2.11 bits per heavy atom. The molecule has 146 valence electrons. The number of piperidine rings is 1. The van der Waals surface area contributed by atoms with Crippen molar-refractivity contribution in [3.63, 3.8) is 0 Å². The van der Waals surface area contributed by atoms with Crippen LogP contribution in [-0.4, -0.2) is 64.0 Å². The number of hydrogen-bond acceptors (Lipinski definition) is 4. The predicted molar refractivity (Wildman–Crippen MR) is 107 cm³/mol. The first-order valence-corrected chi connectivity index (χ1v) is 9.84. The fourth-order valence-electron chi connectivity index (χ4n) is 3.89. The molecule has 2 aromatic rings. The summed E-state index contributed by atoms with van der Waals surface area (Å²) in [4.78, 5) is 26.2. The van der Waals surface area contributed by atoms with E-state index in [9.17, 15) is 4.79 Å². The van der Waals surface area contributed by atoms with Crippen LogP contribution < -0.4 is 0 Å². The lowest BCUT2D eigenvalue weighted by Crippen LogP contribution is -2.40. The second kappa shape index (κ2) is 8.65. The Morgan fingerprint density at radius 1 is 1.30 bits per heavy atom. The SMILES string of the molecule is Cc1cc(C)c(C(=O)N2CCC[C@@H](c3nccn3CCCN(C)C)C2)cn1. The minimum absolute atomic E-state index is 0.0930. The number of likely N-dealkylation sites (tertiary alicyclic amines) is 1. The van der Waals surface area contributed by atoms with E-state index >= 15 is 0 Å². The van der Waals surface area contributed by atoms with Gasteiger partial charge in [0, 0.05) is 49.8 Å². The van der Waals surface area contributed by atoms with Gasteiger partial charge in [-0.2, -0.15) is 0 Å². The number of rotatable bonds is 6. The van der Waals surface area contributed by atoms with E-state index in [0.29, 0.717) is 5.92 Å². The van der Waals surface area contributed by atoms with Crippen LogP contribution in [0.5, 0.6) is 0 Å². The zero-order valence-corrected chi connectivity index (χ0v) is 17.0. The number of aromatic nitrogens is 3. The van der Waals surface area contributed by atoms with Crippen molar-refractivity contribution in [1.29, 1.82) is 0 Å². The van der Waals surface area contributed by atoms with E-state index in [1.807, 2.05) is 31.0 Å². The molecule has 0 spiro atoms. The highest BCUT2D eigenvalue weighted by Crippen LogP contribution is 2.27. The smallest absolute Gasteiger partial charge is 0.255 e. The van der Waals surface area contributed by atoms with E-state index in [2.05, 4.69) is 39.7 Å². The molecule has 2 aromatic heterocycles. The summed E-state index contributed by atoms with van der Waals surface area (Å²) < 4.78 is 2.26. The van der Waals surface area contributed by atoms with Crippen molar-refractivity contribution < 1.29 is 4.79 Å². The number of aryl methyl sites for hydroxylation is 3. The molecular formula is C21H31N5O. The molecule has 6 heteroatoms. The lowest BCUT2D eigenvalue weighted by molar-refractivity contribution is 0.0702. The average molecular weight is 370 g/mol. The molecular weight excluding hydrogens is 338 g/mol. The van der Waals surface area contributed by atoms with Gasteiger partial charge in [0.1, 0.15) is 5.82 Å². The van der Waals surface area contributed by atoms with Gasteiger partial charge >= 0.3 is 0 Å². The van der Waals surface area contributed by atoms with E-state index in [0.717, 1.165) is 68.1 Å². The summed E-state index contributed by atoms with van der Waals surface area (Å²) in [6.45, 7) is 7.52. The summed E-state index contributed by atoms with van der Waals surface area (Å²) in [5, 5.41) is 0. The first kappa shape index (κ1) is 19.5. The summed E-state index contributed by atoms with van der Waals surface area (Å²) in [5.41, 5.74) is 2.66. The molecule has 1 amide bonds. The lowest BCUT2D eigenvalue weighted by Gasteiger charge is -2.33. The third kappa shape index (κ3) is 4.75. The molecule has 0 aliphatic carbocycles. The van der Waals surface area contributed by atoms with Gasteiger partial charge in [-0.25, -0.2) is 4.98 Å². The first-order valence-electron chi connectivity index (χ1n) is 9.84.